The molecule has 1 unspecified atom stereocenters. The fourth-order valence-corrected chi connectivity index (χ4v) is 1.41. The van der Waals surface area contributed by atoms with Crippen LogP contribution in [0.25, 0.3) is 0 Å². The zero-order valence-electron chi connectivity index (χ0n) is 6.97. The Kier molecular flexibility index (Phi) is 1.90. The van der Waals surface area contributed by atoms with Crippen molar-refractivity contribution in [3.8, 4) is 5.75 Å². The minimum atomic E-state index is -0.416. The first-order valence-corrected chi connectivity index (χ1v) is 4.04. The van der Waals surface area contributed by atoms with Crippen molar-refractivity contribution in [3.05, 3.63) is 29.8 Å². The summed E-state index contributed by atoms with van der Waals surface area (Å²) >= 11 is 0. The van der Waals surface area contributed by atoms with Crippen molar-refractivity contribution in [3.63, 3.8) is 0 Å². The summed E-state index contributed by atoms with van der Waals surface area (Å²) in [7, 11) is 0. The minimum Gasteiger partial charge on any atom is -0.474 e. The molecule has 0 spiro atoms. The molecule has 0 saturated heterocycles. The van der Waals surface area contributed by atoms with Crippen molar-refractivity contribution >= 4 is 5.71 Å². The number of hydrogen-bond donors (Lipinski definition) is 2. The minimum absolute atomic E-state index is 0.416. The van der Waals surface area contributed by atoms with Crippen LogP contribution in [0.3, 0.4) is 0 Å². The maximum atomic E-state index is 8.73. The van der Waals surface area contributed by atoms with Gasteiger partial charge in [0.2, 0.25) is 0 Å². The van der Waals surface area contributed by atoms with Gasteiger partial charge in [-0.1, -0.05) is 17.3 Å². The van der Waals surface area contributed by atoms with Gasteiger partial charge in [0.1, 0.15) is 5.75 Å². The molecule has 0 fully saturated rings. The first-order valence-electron chi connectivity index (χ1n) is 4.04. The van der Waals surface area contributed by atoms with Crippen LogP contribution < -0.4 is 10.5 Å². The van der Waals surface area contributed by atoms with Gasteiger partial charge in [-0.3, -0.25) is 5.73 Å². The number of para-hydroxylation sites is 1. The molecule has 1 atom stereocenters. The Bertz CT molecular complexity index is 349. The van der Waals surface area contributed by atoms with Gasteiger partial charge in [-0.25, -0.2) is 0 Å². The van der Waals surface area contributed by atoms with Gasteiger partial charge in [-0.2, -0.15) is 0 Å². The molecule has 0 saturated carbocycles. The number of benzene rings is 1. The van der Waals surface area contributed by atoms with E-state index in [1.54, 1.807) is 6.07 Å². The van der Waals surface area contributed by atoms with E-state index >= 15 is 0 Å². The number of oxime groups is 1. The molecule has 0 bridgehead atoms. The monoisotopic (exact) mass is 178 g/mol. The molecule has 3 N–H and O–H groups in total. The molecule has 1 aliphatic heterocycles. The van der Waals surface area contributed by atoms with Crippen molar-refractivity contribution in [2.24, 2.45) is 10.9 Å². The summed E-state index contributed by atoms with van der Waals surface area (Å²) in [4.78, 5) is 0. The van der Waals surface area contributed by atoms with Gasteiger partial charge in [0, 0.05) is 12.0 Å². The maximum Gasteiger partial charge on any atom is 0.153 e. The maximum absolute atomic E-state index is 8.73. The van der Waals surface area contributed by atoms with Crippen molar-refractivity contribution in [1.29, 1.82) is 0 Å². The second kappa shape index (κ2) is 3.06. The van der Waals surface area contributed by atoms with E-state index in [-0.39, 0.29) is 0 Å². The average molecular weight is 178 g/mol. The smallest absolute Gasteiger partial charge is 0.153 e. The molecule has 0 radical (unpaired) electrons. The second-order valence-electron chi connectivity index (χ2n) is 2.90. The van der Waals surface area contributed by atoms with Crippen LogP contribution in [0.1, 0.15) is 12.0 Å². The van der Waals surface area contributed by atoms with E-state index in [0.717, 1.165) is 5.56 Å². The molecule has 0 aliphatic carbocycles. The van der Waals surface area contributed by atoms with Crippen LogP contribution in [0.4, 0.5) is 0 Å². The van der Waals surface area contributed by atoms with Crippen molar-refractivity contribution in [1.82, 2.24) is 0 Å². The third kappa shape index (κ3) is 1.36. The molecule has 68 valence electrons. The molecule has 4 heteroatoms. The summed E-state index contributed by atoms with van der Waals surface area (Å²) in [5, 5.41) is 11.9. The number of rotatable bonds is 0. The van der Waals surface area contributed by atoms with E-state index in [1.165, 1.54) is 0 Å². The fourth-order valence-electron chi connectivity index (χ4n) is 1.41. The van der Waals surface area contributed by atoms with E-state index in [9.17, 15) is 0 Å². The lowest BCUT2D eigenvalue weighted by Crippen LogP contribution is -2.34. The number of hydrogen-bond acceptors (Lipinski definition) is 4. The van der Waals surface area contributed by atoms with Gasteiger partial charge in [-0.15, -0.1) is 0 Å². The van der Waals surface area contributed by atoms with E-state index in [0.29, 0.717) is 17.9 Å². The SMILES string of the molecule is NC1CC(=NO)c2ccccc2O1. The third-order valence-electron chi connectivity index (χ3n) is 1.99. The summed E-state index contributed by atoms with van der Waals surface area (Å²) in [5.74, 6) is 0.675. The molecule has 13 heavy (non-hydrogen) atoms. The molecule has 0 amide bonds. The van der Waals surface area contributed by atoms with Gasteiger partial charge >= 0.3 is 0 Å². The lowest BCUT2D eigenvalue weighted by Gasteiger charge is -2.23. The predicted octanol–water partition coefficient (Wildman–Crippen LogP) is 0.932. The zero-order valence-corrected chi connectivity index (χ0v) is 6.97. The van der Waals surface area contributed by atoms with Gasteiger partial charge in [-0.05, 0) is 12.1 Å². The highest BCUT2D eigenvalue weighted by atomic mass is 16.5. The van der Waals surface area contributed by atoms with E-state index in [1.807, 2.05) is 18.2 Å². The molecule has 1 heterocycles. The van der Waals surface area contributed by atoms with Crippen LogP contribution in [-0.4, -0.2) is 17.1 Å². The van der Waals surface area contributed by atoms with Crippen LogP contribution in [0, 0.1) is 0 Å². The average Bonchev–Trinajstić information content (AvgIpc) is 2.16. The number of nitrogens with two attached hydrogens (primary N) is 1. The summed E-state index contributed by atoms with van der Waals surface area (Å²) < 4.78 is 5.35. The molecule has 0 aromatic heterocycles. The Balaban J connectivity index is 2.49. The van der Waals surface area contributed by atoms with Gasteiger partial charge in [0.05, 0.1) is 5.71 Å². The Morgan fingerprint density at radius 3 is 3.00 bits per heavy atom. The Morgan fingerprint density at radius 2 is 2.23 bits per heavy atom. The third-order valence-corrected chi connectivity index (χ3v) is 1.99. The predicted molar refractivity (Wildman–Crippen MR) is 48.0 cm³/mol. The highest BCUT2D eigenvalue weighted by molar-refractivity contribution is 6.03. The van der Waals surface area contributed by atoms with Crippen molar-refractivity contribution in [2.75, 3.05) is 0 Å². The number of nitrogens with zero attached hydrogens (tertiary/aromatic N) is 1. The highest BCUT2D eigenvalue weighted by Crippen LogP contribution is 2.25. The molecule has 1 aliphatic rings. The Morgan fingerprint density at radius 1 is 1.46 bits per heavy atom. The molecular formula is C9H10N2O2. The van der Waals surface area contributed by atoms with Gasteiger partial charge in [0.25, 0.3) is 0 Å². The lowest BCUT2D eigenvalue weighted by molar-refractivity contribution is 0.206. The zero-order chi connectivity index (χ0) is 9.26. The normalized spacial score (nSPS) is 23.8. The van der Waals surface area contributed by atoms with Gasteiger partial charge < -0.3 is 9.94 Å². The summed E-state index contributed by atoms with van der Waals surface area (Å²) in [6.07, 6.45) is 0.0221. The van der Waals surface area contributed by atoms with Crippen LogP contribution in [0.2, 0.25) is 0 Å². The molecule has 1 aromatic rings. The van der Waals surface area contributed by atoms with E-state index < -0.39 is 6.23 Å². The van der Waals surface area contributed by atoms with Crippen molar-refractivity contribution in [2.45, 2.75) is 12.6 Å². The summed E-state index contributed by atoms with van der Waals surface area (Å²) in [6.45, 7) is 0. The van der Waals surface area contributed by atoms with Crippen molar-refractivity contribution < 1.29 is 9.94 Å². The first-order chi connectivity index (χ1) is 6.31. The fraction of sp³-hybridized carbons (Fsp3) is 0.222. The second-order valence-corrected chi connectivity index (χ2v) is 2.90. The van der Waals surface area contributed by atoms with Crippen LogP contribution in [-0.2, 0) is 0 Å². The molecule has 2 rings (SSSR count). The highest BCUT2D eigenvalue weighted by Gasteiger charge is 2.21. The summed E-state index contributed by atoms with van der Waals surface area (Å²) in [6, 6.07) is 7.37. The lowest BCUT2D eigenvalue weighted by atomic mass is 10.0. The Hall–Kier alpha value is -1.55. The van der Waals surface area contributed by atoms with E-state index in [2.05, 4.69) is 5.16 Å². The summed E-state index contributed by atoms with van der Waals surface area (Å²) in [5.41, 5.74) is 6.99. The van der Waals surface area contributed by atoms with Crippen LogP contribution in [0.15, 0.2) is 29.4 Å². The Labute approximate surface area is 75.6 Å². The van der Waals surface area contributed by atoms with Crippen LogP contribution in [0.5, 0.6) is 5.75 Å². The first kappa shape index (κ1) is 8.07. The quantitative estimate of drug-likeness (QED) is 0.458. The standard InChI is InChI=1S/C9H10N2O2/c10-9-5-7(11-12)6-3-1-2-4-8(6)13-9/h1-4,9,12H,5,10H2. The topological polar surface area (TPSA) is 67.8 Å². The van der Waals surface area contributed by atoms with Gasteiger partial charge in [0.15, 0.2) is 6.23 Å². The van der Waals surface area contributed by atoms with Crippen LogP contribution >= 0.6 is 0 Å². The number of ether oxygens (including phenoxy) is 1. The molecule has 4 nitrogen and oxygen atoms in total. The number of fused-ring (bicyclic) bond motifs is 1. The largest absolute Gasteiger partial charge is 0.474 e. The molecule has 1 aromatic carbocycles. The molecular weight excluding hydrogens is 168 g/mol. The van der Waals surface area contributed by atoms with E-state index in [4.69, 9.17) is 15.7 Å².